The van der Waals surface area contributed by atoms with Crippen molar-refractivity contribution in [3.05, 3.63) is 53.7 Å². The van der Waals surface area contributed by atoms with E-state index in [-0.39, 0.29) is 11.4 Å². The maximum absolute atomic E-state index is 12.1. The van der Waals surface area contributed by atoms with Gasteiger partial charge >= 0.3 is 5.97 Å². The highest BCUT2D eigenvalue weighted by Crippen LogP contribution is 2.18. The molecule has 1 amide bonds. The van der Waals surface area contributed by atoms with E-state index in [0.29, 0.717) is 11.3 Å². The number of nitrogens with one attached hydrogen (secondary N) is 1. The second kappa shape index (κ2) is 5.83. The van der Waals surface area contributed by atoms with Crippen LogP contribution < -0.4 is 10.1 Å². The molecule has 0 atom stereocenters. The Labute approximate surface area is 115 Å². The summed E-state index contributed by atoms with van der Waals surface area (Å²) in [6, 6.07) is 9.36. The van der Waals surface area contributed by atoms with Crippen molar-refractivity contribution in [1.82, 2.24) is 4.98 Å². The highest BCUT2D eigenvalue weighted by atomic mass is 16.5. The SMILES string of the molecule is COc1ccccc1C(=O)Nc1cc(C(=O)O)ccn1. The van der Waals surface area contributed by atoms with Crippen molar-refractivity contribution in [3.63, 3.8) is 0 Å². The van der Waals surface area contributed by atoms with E-state index in [1.165, 1.54) is 25.4 Å². The molecular formula is C14H12N2O4. The molecule has 2 aromatic rings. The second-order valence-corrected chi connectivity index (χ2v) is 3.89. The molecule has 0 aliphatic heterocycles. The molecule has 0 bridgehead atoms. The first-order valence-corrected chi connectivity index (χ1v) is 5.75. The fourth-order valence-electron chi connectivity index (χ4n) is 1.65. The van der Waals surface area contributed by atoms with E-state index in [9.17, 15) is 9.59 Å². The van der Waals surface area contributed by atoms with Crippen molar-refractivity contribution in [3.8, 4) is 5.75 Å². The average Bonchev–Trinajstić information content (AvgIpc) is 2.47. The van der Waals surface area contributed by atoms with Crippen molar-refractivity contribution >= 4 is 17.7 Å². The Hall–Kier alpha value is -2.89. The van der Waals surface area contributed by atoms with Crippen molar-refractivity contribution in [1.29, 1.82) is 0 Å². The summed E-state index contributed by atoms with van der Waals surface area (Å²) in [5.74, 6) is -0.905. The lowest BCUT2D eigenvalue weighted by Gasteiger charge is -2.08. The topological polar surface area (TPSA) is 88.5 Å². The average molecular weight is 272 g/mol. The lowest BCUT2D eigenvalue weighted by atomic mass is 10.2. The molecule has 1 heterocycles. The quantitative estimate of drug-likeness (QED) is 0.889. The third-order valence-electron chi connectivity index (χ3n) is 2.60. The number of para-hydroxylation sites is 1. The number of rotatable bonds is 4. The Morgan fingerprint density at radius 3 is 2.70 bits per heavy atom. The Bertz CT molecular complexity index is 655. The molecule has 6 nitrogen and oxygen atoms in total. The van der Waals surface area contributed by atoms with E-state index in [1.807, 2.05) is 0 Å². The van der Waals surface area contributed by atoms with Crippen LogP contribution in [0.15, 0.2) is 42.6 Å². The number of hydrogen-bond acceptors (Lipinski definition) is 4. The number of carboxylic acids is 1. The zero-order valence-electron chi connectivity index (χ0n) is 10.7. The van der Waals surface area contributed by atoms with Crippen LogP contribution in [0, 0.1) is 0 Å². The lowest BCUT2D eigenvalue weighted by Crippen LogP contribution is -2.14. The predicted octanol–water partition coefficient (Wildman–Crippen LogP) is 2.04. The zero-order valence-corrected chi connectivity index (χ0v) is 10.7. The molecule has 0 aliphatic rings. The molecule has 0 aliphatic carbocycles. The van der Waals surface area contributed by atoms with Crippen LogP contribution >= 0.6 is 0 Å². The highest BCUT2D eigenvalue weighted by Gasteiger charge is 2.13. The molecule has 0 saturated carbocycles. The summed E-state index contributed by atoms with van der Waals surface area (Å²) in [6.45, 7) is 0. The summed E-state index contributed by atoms with van der Waals surface area (Å²) in [5, 5.41) is 11.4. The predicted molar refractivity (Wildman–Crippen MR) is 72.1 cm³/mol. The molecule has 0 unspecified atom stereocenters. The van der Waals surface area contributed by atoms with Gasteiger partial charge in [0.05, 0.1) is 18.2 Å². The number of benzene rings is 1. The van der Waals surface area contributed by atoms with Gasteiger partial charge in [0.25, 0.3) is 5.91 Å². The van der Waals surface area contributed by atoms with E-state index in [1.54, 1.807) is 24.3 Å². The number of carboxylic acid groups (broad SMARTS) is 1. The maximum atomic E-state index is 12.1. The van der Waals surface area contributed by atoms with Gasteiger partial charge in [0.15, 0.2) is 0 Å². The number of amides is 1. The molecule has 20 heavy (non-hydrogen) atoms. The number of hydrogen-bond donors (Lipinski definition) is 2. The fourth-order valence-corrected chi connectivity index (χ4v) is 1.65. The minimum atomic E-state index is -1.08. The molecule has 0 saturated heterocycles. The standard InChI is InChI=1S/C14H12N2O4/c1-20-11-5-3-2-4-10(11)13(17)16-12-8-9(14(18)19)6-7-15-12/h2-8H,1H3,(H,18,19)(H,15,16,17). The summed E-state index contributed by atoms with van der Waals surface area (Å²) in [6.07, 6.45) is 1.32. The number of nitrogens with zero attached hydrogens (tertiary/aromatic N) is 1. The molecular weight excluding hydrogens is 260 g/mol. The summed E-state index contributed by atoms with van der Waals surface area (Å²) in [7, 11) is 1.47. The molecule has 6 heteroatoms. The molecule has 2 rings (SSSR count). The first kappa shape index (κ1) is 13.5. The van der Waals surface area contributed by atoms with Gasteiger partial charge in [-0.05, 0) is 24.3 Å². The second-order valence-electron chi connectivity index (χ2n) is 3.89. The number of pyridine rings is 1. The molecule has 2 N–H and O–H groups in total. The molecule has 1 aromatic heterocycles. The Morgan fingerprint density at radius 2 is 2.00 bits per heavy atom. The highest BCUT2D eigenvalue weighted by molar-refractivity contribution is 6.06. The fraction of sp³-hybridized carbons (Fsp3) is 0.0714. The summed E-state index contributed by atoms with van der Waals surface area (Å²) in [4.78, 5) is 26.9. The minimum Gasteiger partial charge on any atom is -0.496 e. The molecule has 0 fully saturated rings. The Morgan fingerprint density at radius 1 is 1.25 bits per heavy atom. The van der Waals surface area contributed by atoms with Gasteiger partial charge in [-0.15, -0.1) is 0 Å². The van der Waals surface area contributed by atoms with Gasteiger partial charge in [0, 0.05) is 6.20 Å². The number of carbonyl (C=O) groups excluding carboxylic acids is 1. The van der Waals surface area contributed by atoms with Gasteiger partial charge in [-0.1, -0.05) is 12.1 Å². The van der Waals surface area contributed by atoms with Crippen LogP contribution in [-0.4, -0.2) is 29.1 Å². The molecule has 102 valence electrons. The van der Waals surface area contributed by atoms with Crippen molar-refractivity contribution in [2.45, 2.75) is 0 Å². The van der Waals surface area contributed by atoms with Crippen LogP contribution in [0.4, 0.5) is 5.82 Å². The van der Waals surface area contributed by atoms with Gasteiger partial charge in [-0.25, -0.2) is 9.78 Å². The van der Waals surface area contributed by atoms with Gasteiger partial charge in [-0.3, -0.25) is 4.79 Å². The van der Waals surface area contributed by atoms with E-state index in [0.717, 1.165) is 0 Å². The van der Waals surface area contributed by atoms with Gasteiger partial charge < -0.3 is 15.2 Å². The largest absolute Gasteiger partial charge is 0.496 e. The van der Waals surface area contributed by atoms with Crippen LogP contribution in [0.3, 0.4) is 0 Å². The van der Waals surface area contributed by atoms with Crippen molar-refractivity contribution in [2.24, 2.45) is 0 Å². The van der Waals surface area contributed by atoms with Gasteiger partial charge in [0.2, 0.25) is 0 Å². The number of aromatic nitrogens is 1. The van der Waals surface area contributed by atoms with E-state index in [4.69, 9.17) is 9.84 Å². The third kappa shape index (κ3) is 2.92. The summed E-state index contributed by atoms with van der Waals surface area (Å²) < 4.78 is 5.09. The first-order valence-electron chi connectivity index (χ1n) is 5.75. The first-order chi connectivity index (χ1) is 9.61. The Balaban J connectivity index is 2.23. The van der Waals surface area contributed by atoms with Crippen molar-refractivity contribution in [2.75, 3.05) is 12.4 Å². The minimum absolute atomic E-state index is 0.0512. The zero-order chi connectivity index (χ0) is 14.5. The number of anilines is 1. The van der Waals surface area contributed by atoms with E-state index >= 15 is 0 Å². The van der Waals surface area contributed by atoms with Crippen LogP contribution in [0.1, 0.15) is 20.7 Å². The Kier molecular flexibility index (Phi) is 3.95. The number of ether oxygens (including phenoxy) is 1. The maximum Gasteiger partial charge on any atom is 0.335 e. The normalized spacial score (nSPS) is 9.85. The molecule has 1 aromatic carbocycles. The number of carbonyl (C=O) groups is 2. The number of aromatic carboxylic acids is 1. The lowest BCUT2D eigenvalue weighted by molar-refractivity contribution is 0.0696. The molecule has 0 spiro atoms. The summed E-state index contributed by atoms with van der Waals surface area (Å²) in [5.41, 5.74) is 0.396. The van der Waals surface area contributed by atoms with Crippen LogP contribution in [-0.2, 0) is 0 Å². The van der Waals surface area contributed by atoms with E-state index < -0.39 is 11.9 Å². The molecule has 0 radical (unpaired) electrons. The smallest absolute Gasteiger partial charge is 0.335 e. The van der Waals surface area contributed by atoms with Crippen LogP contribution in [0.2, 0.25) is 0 Å². The van der Waals surface area contributed by atoms with Crippen LogP contribution in [0.5, 0.6) is 5.75 Å². The van der Waals surface area contributed by atoms with Crippen LogP contribution in [0.25, 0.3) is 0 Å². The number of methoxy groups -OCH3 is 1. The summed E-state index contributed by atoms with van der Waals surface area (Å²) >= 11 is 0. The monoisotopic (exact) mass is 272 g/mol. The third-order valence-corrected chi connectivity index (χ3v) is 2.60. The van der Waals surface area contributed by atoms with Crippen molar-refractivity contribution < 1.29 is 19.4 Å². The van der Waals surface area contributed by atoms with Gasteiger partial charge in [-0.2, -0.15) is 0 Å². The van der Waals surface area contributed by atoms with E-state index in [2.05, 4.69) is 10.3 Å². The van der Waals surface area contributed by atoms with Gasteiger partial charge in [0.1, 0.15) is 11.6 Å².